The number of thioether (sulfide) groups is 2. The molecule has 234 valence electrons. The Bertz CT molecular complexity index is 2330. The van der Waals surface area contributed by atoms with E-state index in [0.29, 0.717) is 38.0 Å². The van der Waals surface area contributed by atoms with Crippen molar-refractivity contribution in [3.8, 4) is 11.3 Å². The Hall–Kier alpha value is -4.91. The fourth-order valence-corrected chi connectivity index (χ4v) is 5.90. The molecule has 0 radical (unpaired) electrons. The molecule has 0 unspecified atom stereocenters. The van der Waals surface area contributed by atoms with Gasteiger partial charge in [0, 0.05) is 39.5 Å². The van der Waals surface area contributed by atoms with Gasteiger partial charge in [0.15, 0.2) is 15.5 Å². The summed E-state index contributed by atoms with van der Waals surface area (Å²) in [7, 11) is 2.71. The van der Waals surface area contributed by atoms with Crippen LogP contribution in [-0.2, 0) is 9.47 Å². The third-order valence-electron chi connectivity index (χ3n) is 7.23. The van der Waals surface area contributed by atoms with Gasteiger partial charge in [0.2, 0.25) is 0 Å². The number of halogens is 1. The highest BCUT2D eigenvalue weighted by molar-refractivity contribution is 7.98. The van der Waals surface area contributed by atoms with Crippen molar-refractivity contribution in [3.05, 3.63) is 95.4 Å². The third-order valence-corrected chi connectivity index (χ3v) is 8.62. The second kappa shape index (κ2) is 13.8. The molecule has 4 aromatic heterocycles. The summed E-state index contributed by atoms with van der Waals surface area (Å²) in [5, 5.41) is 5.08. The molecular formula is C34H25ClN6O4S2. The minimum absolute atomic E-state index is 0.289. The molecule has 0 saturated heterocycles. The van der Waals surface area contributed by atoms with Crippen LogP contribution >= 0.6 is 35.1 Å². The van der Waals surface area contributed by atoms with Gasteiger partial charge in [0.1, 0.15) is 11.0 Å². The van der Waals surface area contributed by atoms with Crippen LogP contribution in [0, 0.1) is 0 Å². The van der Waals surface area contributed by atoms with E-state index in [4.69, 9.17) is 31.0 Å². The number of benzene rings is 3. The zero-order valence-electron chi connectivity index (χ0n) is 25.5. The lowest BCUT2D eigenvalue weighted by molar-refractivity contribution is 0.0592. The van der Waals surface area contributed by atoms with E-state index in [1.807, 2.05) is 55.1 Å². The summed E-state index contributed by atoms with van der Waals surface area (Å²) in [5.74, 6) is -0.798. The highest BCUT2D eigenvalue weighted by Crippen LogP contribution is 2.33. The molecule has 7 aromatic rings. The molecule has 0 amide bonds. The summed E-state index contributed by atoms with van der Waals surface area (Å²) >= 11 is 9.13. The van der Waals surface area contributed by atoms with Gasteiger partial charge in [-0.2, -0.15) is 0 Å². The molecule has 0 aliphatic heterocycles. The number of hydrogen-bond acceptors (Lipinski definition) is 12. The highest BCUT2D eigenvalue weighted by Gasteiger charge is 2.16. The molecule has 10 nitrogen and oxygen atoms in total. The summed E-state index contributed by atoms with van der Waals surface area (Å²) < 4.78 is 9.53. The van der Waals surface area contributed by atoms with Gasteiger partial charge in [-0.05, 0) is 36.8 Å². The molecule has 47 heavy (non-hydrogen) atoms. The molecule has 0 fully saturated rings. The smallest absolute Gasteiger partial charge is 0.337 e. The first-order valence-corrected chi connectivity index (χ1v) is 16.8. The fourth-order valence-electron chi connectivity index (χ4n) is 4.98. The summed E-state index contributed by atoms with van der Waals surface area (Å²) in [6, 6.07) is 20.4. The molecule has 13 heteroatoms. The van der Waals surface area contributed by atoms with E-state index >= 15 is 0 Å². The highest BCUT2D eigenvalue weighted by atomic mass is 35.5. The van der Waals surface area contributed by atoms with Crippen LogP contribution in [-0.4, -0.2) is 68.6 Å². The minimum Gasteiger partial charge on any atom is -0.465 e. The lowest BCUT2D eigenvalue weighted by Gasteiger charge is -2.10. The van der Waals surface area contributed by atoms with Crippen molar-refractivity contribution in [1.29, 1.82) is 0 Å². The number of esters is 2. The normalized spacial score (nSPS) is 11.0. The average molecular weight is 681 g/mol. The monoisotopic (exact) mass is 680 g/mol. The Labute approximate surface area is 282 Å². The number of carbonyl (C=O) groups is 2. The Balaban J connectivity index is 0.000000168. The maximum atomic E-state index is 11.9. The molecule has 0 bridgehead atoms. The topological polar surface area (TPSA) is 130 Å². The Kier molecular flexibility index (Phi) is 9.43. The third kappa shape index (κ3) is 6.39. The molecule has 0 atom stereocenters. The lowest BCUT2D eigenvalue weighted by Crippen LogP contribution is -2.02. The molecular weight excluding hydrogens is 656 g/mol. The molecule has 0 aliphatic carbocycles. The van der Waals surface area contributed by atoms with Gasteiger partial charge in [-0.25, -0.2) is 39.5 Å². The average Bonchev–Trinajstić information content (AvgIpc) is 3.13. The molecule has 0 saturated carbocycles. The summed E-state index contributed by atoms with van der Waals surface area (Å²) in [6.07, 6.45) is 7.39. The fraction of sp³-hybridized carbons (Fsp3) is 0.118. The zero-order valence-corrected chi connectivity index (χ0v) is 27.9. The van der Waals surface area contributed by atoms with Gasteiger partial charge in [0.25, 0.3) is 0 Å². The summed E-state index contributed by atoms with van der Waals surface area (Å²) in [4.78, 5) is 50.3. The van der Waals surface area contributed by atoms with Crippen molar-refractivity contribution < 1.29 is 19.1 Å². The van der Waals surface area contributed by atoms with Crippen molar-refractivity contribution >= 4 is 90.7 Å². The minimum atomic E-state index is -0.413. The van der Waals surface area contributed by atoms with Crippen LogP contribution in [0.15, 0.2) is 89.4 Å². The number of fused-ring (bicyclic) bond motifs is 6. The lowest BCUT2D eigenvalue weighted by atomic mass is 10.0. The first-order valence-electron chi connectivity index (χ1n) is 14.0. The maximum Gasteiger partial charge on any atom is 0.337 e. The van der Waals surface area contributed by atoms with Crippen molar-refractivity contribution in [3.63, 3.8) is 0 Å². The number of ether oxygens (including phenoxy) is 2. The Morgan fingerprint density at radius 3 is 1.68 bits per heavy atom. The predicted octanol–water partition coefficient (Wildman–Crippen LogP) is 7.69. The zero-order chi connectivity index (χ0) is 33.1. The Morgan fingerprint density at radius 2 is 1.15 bits per heavy atom. The van der Waals surface area contributed by atoms with Gasteiger partial charge in [0.05, 0.1) is 42.1 Å². The van der Waals surface area contributed by atoms with E-state index in [0.717, 1.165) is 38.3 Å². The second-order valence-corrected chi connectivity index (χ2v) is 11.8. The van der Waals surface area contributed by atoms with Crippen LogP contribution < -0.4 is 0 Å². The molecule has 4 heterocycles. The van der Waals surface area contributed by atoms with Crippen molar-refractivity contribution in [1.82, 2.24) is 29.9 Å². The SMILES string of the molecule is COC(=O)c1ccc2c(c1)nc(-c1ccccc1)c1nc(SC)ncc12.COC(=O)c1ccc2c(c1)nc(Cl)c1nc(SC)ncc12. The van der Waals surface area contributed by atoms with Crippen molar-refractivity contribution in [2.24, 2.45) is 0 Å². The number of hydrogen-bond donors (Lipinski definition) is 0. The number of nitrogens with zero attached hydrogens (tertiary/aromatic N) is 6. The van der Waals surface area contributed by atoms with E-state index in [9.17, 15) is 9.59 Å². The standard InChI is InChI=1S/C20H15N3O2S.C14H10ClN3O2S/c1-25-19(24)13-8-9-14-15-11-21-20(26-2)23-18(15)17(22-16(14)10-13)12-6-4-3-5-7-12;1-20-13(19)7-3-4-8-9-6-16-14(21-2)18-11(9)12(15)17-10(8)5-7/h3-11H,1-2H3;3-6H,1-2H3. The predicted molar refractivity (Wildman–Crippen MR) is 186 cm³/mol. The largest absolute Gasteiger partial charge is 0.465 e. The second-order valence-electron chi connectivity index (χ2n) is 9.91. The van der Waals surface area contributed by atoms with E-state index in [-0.39, 0.29) is 11.1 Å². The van der Waals surface area contributed by atoms with Gasteiger partial charge in [-0.1, -0.05) is 77.6 Å². The number of carbonyl (C=O) groups excluding carboxylic acids is 2. The quantitative estimate of drug-likeness (QED) is 0.0581. The number of methoxy groups -OCH3 is 2. The van der Waals surface area contributed by atoms with Crippen molar-refractivity contribution in [2.75, 3.05) is 26.7 Å². The Morgan fingerprint density at radius 1 is 0.638 bits per heavy atom. The summed E-state index contributed by atoms with van der Waals surface area (Å²) in [6.45, 7) is 0. The van der Waals surface area contributed by atoms with Crippen molar-refractivity contribution in [2.45, 2.75) is 10.3 Å². The van der Waals surface area contributed by atoms with Crippen LogP contribution in [0.5, 0.6) is 0 Å². The van der Waals surface area contributed by atoms with Crippen LogP contribution in [0.4, 0.5) is 0 Å². The maximum absolute atomic E-state index is 11.9. The van der Waals surface area contributed by atoms with E-state index < -0.39 is 5.97 Å². The van der Waals surface area contributed by atoms with Gasteiger partial charge in [-0.3, -0.25) is 0 Å². The molecule has 7 rings (SSSR count). The molecule has 0 spiro atoms. The van der Waals surface area contributed by atoms with Crippen LogP contribution in [0.1, 0.15) is 20.7 Å². The van der Waals surface area contributed by atoms with E-state index in [2.05, 4.69) is 19.9 Å². The summed E-state index contributed by atoms with van der Waals surface area (Å²) in [5.41, 5.74) is 5.35. The first kappa shape index (κ1) is 32.0. The van der Waals surface area contributed by atoms with E-state index in [1.54, 1.807) is 36.5 Å². The van der Waals surface area contributed by atoms with Gasteiger partial charge < -0.3 is 9.47 Å². The van der Waals surface area contributed by atoms with Gasteiger partial charge in [-0.15, -0.1) is 0 Å². The van der Waals surface area contributed by atoms with Crippen LogP contribution in [0.25, 0.3) is 54.9 Å². The molecule has 0 aliphatic rings. The van der Waals surface area contributed by atoms with E-state index in [1.165, 1.54) is 37.7 Å². The molecule has 0 N–H and O–H groups in total. The number of pyridine rings is 2. The van der Waals surface area contributed by atoms with Gasteiger partial charge >= 0.3 is 11.9 Å². The molecule has 3 aromatic carbocycles. The first-order chi connectivity index (χ1) is 22.8. The van der Waals surface area contributed by atoms with Crippen LogP contribution in [0.2, 0.25) is 5.15 Å². The number of aromatic nitrogens is 6. The van der Waals surface area contributed by atoms with Crippen LogP contribution in [0.3, 0.4) is 0 Å². The number of rotatable bonds is 5.